The summed E-state index contributed by atoms with van der Waals surface area (Å²) in [7, 11) is 0. The molecule has 2 aromatic heterocycles. The Balaban J connectivity index is 2.24. The first-order valence-electron chi connectivity index (χ1n) is 6.14. The van der Waals surface area contributed by atoms with Gasteiger partial charge in [-0.25, -0.2) is 9.97 Å². The lowest BCUT2D eigenvalue weighted by atomic mass is 10.2. The molecule has 0 spiro atoms. The summed E-state index contributed by atoms with van der Waals surface area (Å²) in [6, 6.07) is 6.98. The number of nitrogens with one attached hydrogen (secondary N) is 1. The van der Waals surface area contributed by atoms with E-state index in [1.165, 1.54) is 0 Å². The molecule has 2 aromatic rings. The third-order valence-electron chi connectivity index (χ3n) is 2.53. The summed E-state index contributed by atoms with van der Waals surface area (Å²) in [5.74, 6) is 0.0385. The molecule has 0 saturated heterocycles. The van der Waals surface area contributed by atoms with Gasteiger partial charge in [0.15, 0.2) is 0 Å². The van der Waals surface area contributed by atoms with Crippen molar-refractivity contribution in [3.63, 3.8) is 0 Å². The van der Waals surface area contributed by atoms with Crippen molar-refractivity contribution in [1.29, 1.82) is 0 Å². The highest BCUT2D eigenvalue weighted by molar-refractivity contribution is 9.10. The van der Waals surface area contributed by atoms with E-state index in [9.17, 15) is 4.79 Å². The fraction of sp³-hybridized carbons (Fsp3) is 0.214. The molecule has 0 atom stereocenters. The van der Waals surface area contributed by atoms with Crippen LogP contribution in [0.5, 0.6) is 5.88 Å². The van der Waals surface area contributed by atoms with Crippen molar-refractivity contribution >= 4 is 27.5 Å². The Labute approximate surface area is 125 Å². The first-order chi connectivity index (χ1) is 9.61. The van der Waals surface area contributed by atoms with E-state index < -0.39 is 0 Å². The summed E-state index contributed by atoms with van der Waals surface area (Å²) in [6.07, 6.45) is 1.59. The Morgan fingerprint density at radius 2 is 2.20 bits per heavy atom. The molecule has 0 radical (unpaired) electrons. The van der Waals surface area contributed by atoms with Gasteiger partial charge in [-0.2, -0.15) is 0 Å². The number of aryl methyl sites for hydroxylation is 1. The third kappa shape index (κ3) is 3.33. The van der Waals surface area contributed by atoms with Crippen LogP contribution >= 0.6 is 15.9 Å². The van der Waals surface area contributed by atoms with E-state index in [0.29, 0.717) is 28.3 Å². The predicted octanol–water partition coefficient (Wildman–Crippen LogP) is 3.20. The van der Waals surface area contributed by atoms with Gasteiger partial charge in [0.05, 0.1) is 12.3 Å². The van der Waals surface area contributed by atoms with Crippen molar-refractivity contribution in [2.24, 2.45) is 0 Å². The van der Waals surface area contributed by atoms with Gasteiger partial charge in [-0.05, 0) is 54.0 Å². The Morgan fingerprint density at radius 1 is 1.40 bits per heavy atom. The van der Waals surface area contributed by atoms with Crippen LogP contribution in [0.15, 0.2) is 35.1 Å². The minimum atomic E-state index is -0.284. The molecule has 0 bridgehead atoms. The number of carbonyl (C=O) groups excluding carboxylic acids is 1. The van der Waals surface area contributed by atoms with E-state index in [4.69, 9.17) is 4.74 Å². The molecule has 104 valence electrons. The van der Waals surface area contributed by atoms with Crippen LogP contribution in [0.1, 0.15) is 23.0 Å². The zero-order chi connectivity index (χ0) is 14.5. The van der Waals surface area contributed by atoms with Gasteiger partial charge in [-0.1, -0.05) is 0 Å². The van der Waals surface area contributed by atoms with Gasteiger partial charge in [0, 0.05) is 11.9 Å². The van der Waals surface area contributed by atoms with Crippen LogP contribution in [0, 0.1) is 6.92 Å². The first-order valence-corrected chi connectivity index (χ1v) is 6.93. The summed E-state index contributed by atoms with van der Waals surface area (Å²) in [5.41, 5.74) is 1.86. The van der Waals surface area contributed by atoms with Crippen LogP contribution in [-0.2, 0) is 0 Å². The summed E-state index contributed by atoms with van der Waals surface area (Å²) in [4.78, 5) is 20.6. The van der Waals surface area contributed by atoms with Gasteiger partial charge < -0.3 is 10.1 Å². The normalized spacial score (nSPS) is 10.2. The summed E-state index contributed by atoms with van der Waals surface area (Å²) < 4.78 is 5.94. The Kier molecular flexibility index (Phi) is 4.68. The van der Waals surface area contributed by atoms with E-state index >= 15 is 0 Å². The molecule has 0 aliphatic heterocycles. The smallest absolute Gasteiger partial charge is 0.261 e. The van der Waals surface area contributed by atoms with Gasteiger partial charge in [0.2, 0.25) is 5.88 Å². The number of amides is 1. The molecule has 20 heavy (non-hydrogen) atoms. The highest BCUT2D eigenvalue weighted by Gasteiger charge is 2.14. The minimum absolute atomic E-state index is 0.284. The molecule has 1 amide bonds. The second-order valence-corrected chi connectivity index (χ2v) is 4.79. The van der Waals surface area contributed by atoms with Gasteiger partial charge >= 0.3 is 0 Å². The second-order valence-electron chi connectivity index (χ2n) is 4.03. The van der Waals surface area contributed by atoms with Crippen molar-refractivity contribution in [1.82, 2.24) is 9.97 Å². The summed E-state index contributed by atoms with van der Waals surface area (Å²) in [6.45, 7) is 4.18. The number of nitrogens with zero attached hydrogens (tertiary/aromatic N) is 2. The quantitative estimate of drug-likeness (QED) is 0.871. The largest absolute Gasteiger partial charge is 0.477 e. The lowest BCUT2D eigenvalue weighted by Gasteiger charge is -2.10. The van der Waals surface area contributed by atoms with Crippen LogP contribution < -0.4 is 10.1 Å². The third-order valence-corrected chi connectivity index (χ3v) is 3.14. The molecule has 6 heteroatoms. The molecule has 0 fully saturated rings. The van der Waals surface area contributed by atoms with Gasteiger partial charge in [0.1, 0.15) is 10.2 Å². The lowest BCUT2D eigenvalue weighted by molar-refractivity contribution is 0.102. The van der Waals surface area contributed by atoms with Crippen molar-refractivity contribution in [3.8, 4) is 5.88 Å². The Morgan fingerprint density at radius 3 is 2.90 bits per heavy atom. The fourth-order valence-corrected chi connectivity index (χ4v) is 2.13. The van der Waals surface area contributed by atoms with Crippen LogP contribution in [0.2, 0.25) is 0 Å². The fourth-order valence-electron chi connectivity index (χ4n) is 1.62. The van der Waals surface area contributed by atoms with E-state index in [1.54, 1.807) is 24.4 Å². The second kappa shape index (κ2) is 6.47. The maximum absolute atomic E-state index is 12.3. The first kappa shape index (κ1) is 14.5. The maximum Gasteiger partial charge on any atom is 0.261 e. The van der Waals surface area contributed by atoms with E-state index in [1.807, 2.05) is 19.9 Å². The zero-order valence-electron chi connectivity index (χ0n) is 11.2. The van der Waals surface area contributed by atoms with Crippen LogP contribution in [0.4, 0.5) is 5.69 Å². The number of hydrogen-bond acceptors (Lipinski definition) is 4. The monoisotopic (exact) mass is 335 g/mol. The SMILES string of the molecule is CCOc1ncccc1C(=O)Nc1ccc(C)nc1Br. The van der Waals surface area contributed by atoms with Gasteiger partial charge in [-0.3, -0.25) is 4.79 Å². The Hall–Kier alpha value is -1.95. The molecule has 1 N–H and O–H groups in total. The van der Waals surface area contributed by atoms with Gasteiger partial charge in [0.25, 0.3) is 5.91 Å². The molecule has 0 unspecified atom stereocenters. The topological polar surface area (TPSA) is 64.1 Å². The van der Waals surface area contributed by atoms with Crippen LogP contribution in [0.3, 0.4) is 0 Å². The lowest BCUT2D eigenvalue weighted by Crippen LogP contribution is -2.15. The molecular weight excluding hydrogens is 322 g/mol. The van der Waals surface area contributed by atoms with E-state index in [2.05, 4.69) is 31.2 Å². The molecule has 2 heterocycles. The molecule has 0 saturated carbocycles. The Bertz CT molecular complexity index is 632. The zero-order valence-corrected chi connectivity index (χ0v) is 12.8. The number of carbonyl (C=O) groups is 1. The highest BCUT2D eigenvalue weighted by Crippen LogP contribution is 2.22. The van der Waals surface area contributed by atoms with Crippen molar-refractivity contribution in [2.45, 2.75) is 13.8 Å². The average Bonchev–Trinajstić information content (AvgIpc) is 2.43. The van der Waals surface area contributed by atoms with E-state index in [-0.39, 0.29) is 5.91 Å². The average molecular weight is 336 g/mol. The number of aromatic nitrogens is 2. The predicted molar refractivity (Wildman–Crippen MR) is 80.0 cm³/mol. The van der Waals surface area contributed by atoms with Crippen molar-refractivity contribution < 1.29 is 9.53 Å². The molecule has 0 aromatic carbocycles. The molecular formula is C14H14BrN3O2. The number of ether oxygens (including phenoxy) is 1. The summed E-state index contributed by atoms with van der Waals surface area (Å²) >= 11 is 3.32. The molecule has 5 nitrogen and oxygen atoms in total. The number of halogens is 1. The number of anilines is 1. The maximum atomic E-state index is 12.3. The molecule has 2 rings (SSSR count). The van der Waals surface area contributed by atoms with Gasteiger partial charge in [-0.15, -0.1) is 0 Å². The number of rotatable bonds is 4. The number of pyridine rings is 2. The standard InChI is InChI=1S/C14H14BrN3O2/c1-3-20-14-10(5-4-8-16-14)13(19)18-11-7-6-9(2)17-12(11)15/h4-8H,3H2,1-2H3,(H,18,19). The van der Waals surface area contributed by atoms with Crippen LogP contribution in [0.25, 0.3) is 0 Å². The van der Waals surface area contributed by atoms with Crippen molar-refractivity contribution in [3.05, 3.63) is 46.3 Å². The highest BCUT2D eigenvalue weighted by atomic mass is 79.9. The number of hydrogen-bond donors (Lipinski definition) is 1. The van der Waals surface area contributed by atoms with Crippen LogP contribution in [-0.4, -0.2) is 22.5 Å². The molecule has 0 aliphatic rings. The molecule has 0 aliphatic carbocycles. The van der Waals surface area contributed by atoms with E-state index in [0.717, 1.165) is 5.69 Å². The summed E-state index contributed by atoms with van der Waals surface area (Å²) in [5, 5.41) is 2.78. The van der Waals surface area contributed by atoms with Crippen molar-refractivity contribution in [2.75, 3.05) is 11.9 Å². The minimum Gasteiger partial charge on any atom is -0.477 e.